The maximum atomic E-state index is 4.20. The van der Waals surface area contributed by atoms with Gasteiger partial charge in [0.15, 0.2) is 0 Å². The summed E-state index contributed by atoms with van der Waals surface area (Å²) in [7, 11) is 0. The standard InChI is InChI=1S/C12H21N3/c1-5-6-14-10-7-11(9-13-8-10)15-12(2,3)4/h7-9,14-15H,5-6H2,1-4H3. The second-order valence-electron chi connectivity index (χ2n) is 4.76. The van der Waals surface area contributed by atoms with Gasteiger partial charge in [-0.1, -0.05) is 6.92 Å². The first kappa shape index (κ1) is 11.8. The van der Waals surface area contributed by atoms with E-state index in [0.717, 1.165) is 24.3 Å². The smallest absolute Gasteiger partial charge is 0.0551 e. The Morgan fingerprint density at radius 2 is 1.87 bits per heavy atom. The predicted molar refractivity (Wildman–Crippen MR) is 66.4 cm³/mol. The van der Waals surface area contributed by atoms with Crippen molar-refractivity contribution >= 4 is 11.4 Å². The van der Waals surface area contributed by atoms with Crippen LogP contribution in [0.5, 0.6) is 0 Å². The lowest BCUT2D eigenvalue weighted by molar-refractivity contribution is 0.633. The Bertz CT molecular complexity index is 302. The van der Waals surface area contributed by atoms with Crippen molar-refractivity contribution < 1.29 is 0 Å². The van der Waals surface area contributed by atoms with Crippen molar-refractivity contribution in [2.45, 2.75) is 39.7 Å². The SMILES string of the molecule is CCCNc1cncc(NC(C)(C)C)c1. The lowest BCUT2D eigenvalue weighted by Crippen LogP contribution is -2.26. The lowest BCUT2D eigenvalue weighted by atomic mass is 10.1. The minimum Gasteiger partial charge on any atom is -0.384 e. The molecule has 1 aromatic heterocycles. The van der Waals surface area contributed by atoms with Crippen LogP contribution in [0.3, 0.4) is 0 Å². The molecule has 0 saturated heterocycles. The van der Waals surface area contributed by atoms with Crippen LogP contribution in [0.25, 0.3) is 0 Å². The van der Waals surface area contributed by atoms with Crippen molar-refractivity contribution in [1.29, 1.82) is 0 Å². The molecule has 0 atom stereocenters. The molecule has 0 aliphatic carbocycles. The Kier molecular flexibility index (Phi) is 3.95. The minimum atomic E-state index is 0.0745. The monoisotopic (exact) mass is 207 g/mol. The number of hydrogen-bond donors (Lipinski definition) is 2. The number of rotatable bonds is 4. The molecule has 1 aromatic rings. The molecule has 0 bridgehead atoms. The van der Waals surface area contributed by atoms with Crippen molar-refractivity contribution in [2.24, 2.45) is 0 Å². The zero-order valence-electron chi connectivity index (χ0n) is 10.1. The third-order valence-corrected chi connectivity index (χ3v) is 1.84. The molecule has 3 nitrogen and oxygen atoms in total. The van der Waals surface area contributed by atoms with Crippen LogP contribution in [0.15, 0.2) is 18.5 Å². The first-order chi connectivity index (χ1) is 7.01. The molecule has 0 aromatic carbocycles. The van der Waals surface area contributed by atoms with Crippen LogP contribution in [-0.2, 0) is 0 Å². The summed E-state index contributed by atoms with van der Waals surface area (Å²) < 4.78 is 0. The molecule has 0 unspecified atom stereocenters. The zero-order valence-corrected chi connectivity index (χ0v) is 10.1. The highest BCUT2D eigenvalue weighted by molar-refractivity contribution is 5.54. The molecule has 1 heterocycles. The van der Waals surface area contributed by atoms with Gasteiger partial charge in [-0.3, -0.25) is 4.98 Å². The van der Waals surface area contributed by atoms with E-state index in [1.54, 1.807) is 0 Å². The Hall–Kier alpha value is -1.25. The quantitative estimate of drug-likeness (QED) is 0.796. The Morgan fingerprint density at radius 3 is 2.47 bits per heavy atom. The molecule has 0 fully saturated rings. The van der Waals surface area contributed by atoms with Crippen LogP contribution in [0, 0.1) is 0 Å². The largest absolute Gasteiger partial charge is 0.384 e. The van der Waals surface area contributed by atoms with Crippen LogP contribution < -0.4 is 10.6 Å². The predicted octanol–water partition coefficient (Wildman–Crippen LogP) is 3.11. The van der Waals surface area contributed by atoms with Crippen LogP contribution in [0.1, 0.15) is 34.1 Å². The zero-order chi connectivity index (χ0) is 11.3. The van der Waals surface area contributed by atoms with E-state index in [-0.39, 0.29) is 5.54 Å². The maximum Gasteiger partial charge on any atom is 0.0551 e. The van der Waals surface area contributed by atoms with Gasteiger partial charge in [0.25, 0.3) is 0 Å². The molecule has 1 rings (SSSR count). The van der Waals surface area contributed by atoms with Crippen molar-refractivity contribution in [3.63, 3.8) is 0 Å². The van der Waals surface area contributed by atoms with E-state index < -0.39 is 0 Å². The lowest BCUT2D eigenvalue weighted by Gasteiger charge is -2.22. The second-order valence-corrected chi connectivity index (χ2v) is 4.76. The molecular formula is C12H21N3. The first-order valence-corrected chi connectivity index (χ1v) is 5.48. The van der Waals surface area contributed by atoms with Gasteiger partial charge in [0.2, 0.25) is 0 Å². The van der Waals surface area contributed by atoms with E-state index in [1.807, 2.05) is 12.4 Å². The van der Waals surface area contributed by atoms with Gasteiger partial charge >= 0.3 is 0 Å². The third-order valence-electron chi connectivity index (χ3n) is 1.84. The van der Waals surface area contributed by atoms with E-state index in [1.165, 1.54) is 0 Å². The molecule has 0 aliphatic heterocycles. The van der Waals surface area contributed by atoms with Gasteiger partial charge in [0, 0.05) is 12.1 Å². The van der Waals surface area contributed by atoms with Gasteiger partial charge in [-0.2, -0.15) is 0 Å². The molecule has 0 amide bonds. The van der Waals surface area contributed by atoms with E-state index in [2.05, 4.69) is 49.4 Å². The molecule has 0 spiro atoms. The normalized spacial score (nSPS) is 11.2. The van der Waals surface area contributed by atoms with Crippen molar-refractivity contribution in [2.75, 3.05) is 17.2 Å². The van der Waals surface area contributed by atoms with Crippen LogP contribution in [-0.4, -0.2) is 17.1 Å². The van der Waals surface area contributed by atoms with Gasteiger partial charge in [-0.15, -0.1) is 0 Å². The minimum absolute atomic E-state index is 0.0745. The van der Waals surface area contributed by atoms with Gasteiger partial charge in [0.1, 0.15) is 0 Å². The average Bonchev–Trinajstić information content (AvgIpc) is 2.12. The number of nitrogens with zero attached hydrogens (tertiary/aromatic N) is 1. The fourth-order valence-electron chi connectivity index (χ4n) is 1.31. The van der Waals surface area contributed by atoms with Gasteiger partial charge in [0.05, 0.1) is 23.8 Å². The summed E-state index contributed by atoms with van der Waals surface area (Å²) in [6.45, 7) is 9.55. The van der Waals surface area contributed by atoms with E-state index in [9.17, 15) is 0 Å². The summed E-state index contributed by atoms with van der Waals surface area (Å²) in [5.41, 5.74) is 2.21. The van der Waals surface area contributed by atoms with Crippen molar-refractivity contribution in [1.82, 2.24) is 4.98 Å². The molecule has 15 heavy (non-hydrogen) atoms. The molecule has 0 aliphatic rings. The molecular weight excluding hydrogens is 186 g/mol. The highest BCUT2D eigenvalue weighted by atomic mass is 15.0. The highest BCUT2D eigenvalue weighted by Crippen LogP contribution is 2.17. The van der Waals surface area contributed by atoms with Gasteiger partial charge in [-0.25, -0.2) is 0 Å². The molecule has 0 saturated carbocycles. The first-order valence-electron chi connectivity index (χ1n) is 5.48. The van der Waals surface area contributed by atoms with E-state index in [0.29, 0.717) is 0 Å². The maximum absolute atomic E-state index is 4.20. The van der Waals surface area contributed by atoms with E-state index in [4.69, 9.17) is 0 Å². The number of pyridine rings is 1. The highest BCUT2D eigenvalue weighted by Gasteiger charge is 2.09. The third kappa shape index (κ3) is 4.68. The molecule has 84 valence electrons. The Balaban J connectivity index is 2.66. The molecule has 2 N–H and O–H groups in total. The number of hydrogen-bond acceptors (Lipinski definition) is 3. The van der Waals surface area contributed by atoms with Crippen molar-refractivity contribution in [3.8, 4) is 0 Å². The number of aromatic nitrogens is 1. The fourth-order valence-corrected chi connectivity index (χ4v) is 1.31. The summed E-state index contributed by atoms with van der Waals surface area (Å²) >= 11 is 0. The molecule has 0 radical (unpaired) electrons. The topological polar surface area (TPSA) is 37.0 Å². The van der Waals surface area contributed by atoms with Crippen LogP contribution >= 0.6 is 0 Å². The van der Waals surface area contributed by atoms with E-state index >= 15 is 0 Å². The Morgan fingerprint density at radius 1 is 1.20 bits per heavy atom. The average molecular weight is 207 g/mol. The molecule has 3 heteroatoms. The van der Waals surface area contributed by atoms with Crippen molar-refractivity contribution in [3.05, 3.63) is 18.5 Å². The van der Waals surface area contributed by atoms with Gasteiger partial charge in [-0.05, 0) is 33.3 Å². The number of nitrogens with one attached hydrogen (secondary N) is 2. The second kappa shape index (κ2) is 5.01. The summed E-state index contributed by atoms with van der Waals surface area (Å²) in [4.78, 5) is 4.20. The number of anilines is 2. The summed E-state index contributed by atoms with van der Waals surface area (Å²) in [6, 6.07) is 2.09. The Labute approximate surface area is 92.3 Å². The van der Waals surface area contributed by atoms with Gasteiger partial charge < -0.3 is 10.6 Å². The fraction of sp³-hybridized carbons (Fsp3) is 0.583. The van der Waals surface area contributed by atoms with Crippen LogP contribution in [0.2, 0.25) is 0 Å². The summed E-state index contributed by atoms with van der Waals surface area (Å²) in [6.07, 6.45) is 4.82. The van der Waals surface area contributed by atoms with Crippen LogP contribution in [0.4, 0.5) is 11.4 Å². The summed E-state index contributed by atoms with van der Waals surface area (Å²) in [5.74, 6) is 0. The summed E-state index contributed by atoms with van der Waals surface area (Å²) in [5, 5.41) is 6.71.